The average Bonchev–Trinajstić information content (AvgIpc) is 2.39. The van der Waals surface area contributed by atoms with Crippen molar-refractivity contribution >= 4 is 0 Å². The summed E-state index contributed by atoms with van der Waals surface area (Å²) in [4.78, 5) is 0. The number of methoxy groups -OCH3 is 1. The summed E-state index contributed by atoms with van der Waals surface area (Å²) < 4.78 is 11.0. The van der Waals surface area contributed by atoms with Gasteiger partial charge in [-0.2, -0.15) is 0 Å². The van der Waals surface area contributed by atoms with E-state index in [9.17, 15) is 5.11 Å². The molecule has 1 aromatic carbocycles. The van der Waals surface area contributed by atoms with E-state index in [1.54, 1.807) is 14.0 Å². The Labute approximate surface area is 122 Å². The molecule has 0 aliphatic heterocycles. The van der Waals surface area contributed by atoms with Crippen LogP contribution in [-0.2, 0) is 6.54 Å². The highest BCUT2D eigenvalue weighted by atomic mass is 16.5. The van der Waals surface area contributed by atoms with Gasteiger partial charge in [-0.1, -0.05) is 19.9 Å². The van der Waals surface area contributed by atoms with Crippen molar-refractivity contribution in [2.45, 2.75) is 39.8 Å². The summed E-state index contributed by atoms with van der Waals surface area (Å²) in [5.74, 6) is 2.10. The highest BCUT2D eigenvalue weighted by molar-refractivity contribution is 5.42. The molecule has 0 amide bonds. The SMILES string of the molecule is COc1cc(CNCC(C)C)ccc1OCCC(C)O. The molecule has 0 aromatic heterocycles. The van der Waals surface area contributed by atoms with Gasteiger partial charge in [0.1, 0.15) is 0 Å². The lowest BCUT2D eigenvalue weighted by molar-refractivity contribution is 0.154. The first-order chi connectivity index (χ1) is 9.52. The first kappa shape index (κ1) is 16.8. The molecule has 1 aromatic rings. The van der Waals surface area contributed by atoms with Gasteiger partial charge in [0.15, 0.2) is 11.5 Å². The smallest absolute Gasteiger partial charge is 0.161 e. The maximum atomic E-state index is 9.22. The summed E-state index contributed by atoms with van der Waals surface area (Å²) in [5, 5.41) is 12.6. The van der Waals surface area contributed by atoms with E-state index in [4.69, 9.17) is 9.47 Å². The molecule has 1 unspecified atom stereocenters. The zero-order valence-corrected chi connectivity index (χ0v) is 13.0. The molecule has 4 nitrogen and oxygen atoms in total. The summed E-state index contributed by atoms with van der Waals surface area (Å²) in [5.41, 5.74) is 1.17. The normalized spacial score (nSPS) is 12.5. The minimum Gasteiger partial charge on any atom is -0.493 e. The van der Waals surface area contributed by atoms with Crippen LogP contribution in [0.5, 0.6) is 11.5 Å². The summed E-state index contributed by atoms with van der Waals surface area (Å²) in [6.45, 7) is 8.43. The summed E-state index contributed by atoms with van der Waals surface area (Å²) in [6.07, 6.45) is 0.265. The van der Waals surface area contributed by atoms with Crippen molar-refractivity contribution in [2.75, 3.05) is 20.3 Å². The molecule has 1 atom stereocenters. The zero-order valence-electron chi connectivity index (χ0n) is 13.0. The van der Waals surface area contributed by atoms with Gasteiger partial charge in [0.2, 0.25) is 0 Å². The molecule has 0 spiro atoms. The van der Waals surface area contributed by atoms with E-state index >= 15 is 0 Å². The molecule has 0 aliphatic carbocycles. The van der Waals surface area contributed by atoms with Gasteiger partial charge in [-0.15, -0.1) is 0 Å². The number of hydrogen-bond donors (Lipinski definition) is 2. The van der Waals surface area contributed by atoms with Gasteiger partial charge < -0.3 is 19.9 Å². The molecule has 114 valence electrons. The number of benzene rings is 1. The highest BCUT2D eigenvalue weighted by Gasteiger charge is 2.06. The van der Waals surface area contributed by atoms with Crippen LogP contribution < -0.4 is 14.8 Å². The fraction of sp³-hybridized carbons (Fsp3) is 0.625. The van der Waals surface area contributed by atoms with Crippen LogP contribution in [0.3, 0.4) is 0 Å². The van der Waals surface area contributed by atoms with Crippen LogP contribution in [0.1, 0.15) is 32.8 Å². The first-order valence-electron chi connectivity index (χ1n) is 7.21. The average molecular weight is 281 g/mol. The maximum Gasteiger partial charge on any atom is 0.161 e. The Bertz CT molecular complexity index is 391. The number of ether oxygens (including phenoxy) is 2. The highest BCUT2D eigenvalue weighted by Crippen LogP contribution is 2.28. The van der Waals surface area contributed by atoms with E-state index in [1.165, 1.54) is 5.56 Å². The third-order valence-electron chi connectivity index (χ3n) is 2.90. The lowest BCUT2D eigenvalue weighted by atomic mass is 10.2. The topological polar surface area (TPSA) is 50.7 Å². The predicted octanol–water partition coefficient (Wildman–Crippen LogP) is 2.59. The second kappa shape index (κ2) is 8.82. The summed E-state index contributed by atoms with van der Waals surface area (Å²) in [6, 6.07) is 5.95. The number of aliphatic hydroxyl groups excluding tert-OH is 1. The van der Waals surface area contributed by atoms with Crippen LogP contribution in [-0.4, -0.2) is 31.5 Å². The molecule has 1 rings (SSSR count). The Morgan fingerprint density at radius 1 is 1.20 bits per heavy atom. The molecule has 0 saturated carbocycles. The predicted molar refractivity (Wildman–Crippen MR) is 81.3 cm³/mol. The molecule has 20 heavy (non-hydrogen) atoms. The maximum absolute atomic E-state index is 9.22. The zero-order chi connectivity index (χ0) is 15.0. The molecule has 0 aliphatic rings. The fourth-order valence-electron chi connectivity index (χ4n) is 1.79. The molecular weight excluding hydrogens is 254 g/mol. The molecule has 0 fully saturated rings. The minimum absolute atomic E-state index is 0.347. The quantitative estimate of drug-likeness (QED) is 0.730. The number of rotatable bonds is 9. The minimum atomic E-state index is -0.347. The van der Waals surface area contributed by atoms with E-state index < -0.39 is 0 Å². The largest absolute Gasteiger partial charge is 0.493 e. The molecule has 4 heteroatoms. The van der Waals surface area contributed by atoms with E-state index in [0.29, 0.717) is 18.9 Å². The van der Waals surface area contributed by atoms with E-state index in [1.807, 2.05) is 18.2 Å². The van der Waals surface area contributed by atoms with Gasteiger partial charge in [-0.25, -0.2) is 0 Å². The van der Waals surface area contributed by atoms with Crippen molar-refractivity contribution < 1.29 is 14.6 Å². The van der Waals surface area contributed by atoms with Gasteiger partial charge in [0.25, 0.3) is 0 Å². The lowest BCUT2D eigenvalue weighted by Gasteiger charge is -2.13. The van der Waals surface area contributed by atoms with Crippen LogP contribution >= 0.6 is 0 Å². The van der Waals surface area contributed by atoms with E-state index in [-0.39, 0.29) is 6.10 Å². The Kier molecular flexibility index (Phi) is 7.41. The molecular formula is C16H27NO3. The Morgan fingerprint density at radius 2 is 1.95 bits per heavy atom. The number of hydrogen-bond acceptors (Lipinski definition) is 4. The molecule has 0 saturated heterocycles. The van der Waals surface area contributed by atoms with Crippen molar-refractivity contribution in [3.8, 4) is 11.5 Å². The van der Waals surface area contributed by atoms with Crippen LogP contribution in [0.15, 0.2) is 18.2 Å². The lowest BCUT2D eigenvalue weighted by Crippen LogP contribution is -2.18. The molecule has 2 N–H and O–H groups in total. The Balaban J connectivity index is 2.56. The number of aliphatic hydroxyl groups is 1. The molecule has 0 bridgehead atoms. The monoisotopic (exact) mass is 281 g/mol. The van der Waals surface area contributed by atoms with E-state index in [2.05, 4.69) is 19.2 Å². The van der Waals surface area contributed by atoms with Crippen molar-refractivity contribution in [1.29, 1.82) is 0 Å². The van der Waals surface area contributed by atoms with Crippen molar-refractivity contribution in [3.63, 3.8) is 0 Å². The van der Waals surface area contributed by atoms with E-state index in [0.717, 1.165) is 24.6 Å². The Hall–Kier alpha value is -1.26. The van der Waals surface area contributed by atoms with Gasteiger partial charge in [-0.05, 0) is 37.1 Å². The number of nitrogens with one attached hydrogen (secondary N) is 1. The Morgan fingerprint density at radius 3 is 2.55 bits per heavy atom. The fourth-order valence-corrected chi connectivity index (χ4v) is 1.79. The van der Waals surface area contributed by atoms with Crippen molar-refractivity contribution in [1.82, 2.24) is 5.32 Å². The van der Waals surface area contributed by atoms with Crippen molar-refractivity contribution in [2.24, 2.45) is 5.92 Å². The third-order valence-corrected chi connectivity index (χ3v) is 2.90. The van der Waals surface area contributed by atoms with Crippen LogP contribution in [0.25, 0.3) is 0 Å². The summed E-state index contributed by atoms with van der Waals surface area (Å²) in [7, 11) is 1.64. The van der Waals surface area contributed by atoms with Gasteiger partial charge in [-0.3, -0.25) is 0 Å². The summed E-state index contributed by atoms with van der Waals surface area (Å²) >= 11 is 0. The third kappa shape index (κ3) is 6.26. The van der Waals surface area contributed by atoms with Crippen molar-refractivity contribution in [3.05, 3.63) is 23.8 Å². The molecule has 0 heterocycles. The second-order valence-corrected chi connectivity index (χ2v) is 5.50. The second-order valence-electron chi connectivity index (χ2n) is 5.50. The molecule has 0 radical (unpaired) electrons. The van der Waals surface area contributed by atoms with Crippen LogP contribution in [0.2, 0.25) is 0 Å². The van der Waals surface area contributed by atoms with Crippen LogP contribution in [0, 0.1) is 5.92 Å². The van der Waals surface area contributed by atoms with Gasteiger partial charge >= 0.3 is 0 Å². The van der Waals surface area contributed by atoms with Crippen LogP contribution in [0.4, 0.5) is 0 Å². The van der Waals surface area contributed by atoms with Gasteiger partial charge in [0, 0.05) is 13.0 Å². The first-order valence-corrected chi connectivity index (χ1v) is 7.21. The standard InChI is InChI=1S/C16H27NO3/c1-12(2)10-17-11-14-5-6-15(16(9-14)19-4)20-8-7-13(3)18/h5-6,9,12-13,17-18H,7-8,10-11H2,1-4H3. The van der Waals surface area contributed by atoms with Gasteiger partial charge in [0.05, 0.1) is 19.8 Å².